The summed E-state index contributed by atoms with van der Waals surface area (Å²) < 4.78 is 2.30. The number of nitrogens with zero attached hydrogens (tertiary/aromatic N) is 4. The summed E-state index contributed by atoms with van der Waals surface area (Å²) in [4.78, 5) is 19.9. The van der Waals surface area contributed by atoms with Crippen molar-refractivity contribution in [3.8, 4) is 0 Å². The molecule has 2 heterocycles. The lowest BCUT2D eigenvalue weighted by Crippen LogP contribution is -2.30. The van der Waals surface area contributed by atoms with Crippen molar-refractivity contribution >= 4 is 6.03 Å². The van der Waals surface area contributed by atoms with E-state index >= 15 is 0 Å². The van der Waals surface area contributed by atoms with E-state index in [0.717, 1.165) is 13.1 Å². The van der Waals surface area contributed by atoms with Crippen LogP contribution < -0.4 is 0 Å². The fraction of sp³-hybridized carbons (Fsp3) is 0.714. The van der Waals surface area contributed by atoms with E-state index in [-0.39, 0.29) is 6.03 Å². The molecule has 1 aromatic rings. The second-order valence-corrected chi connectivity index (χ2v) is 5.71. The molecule has 104 valence electrons. The zero-order valence-electron chi connectivity index (χ0n) is 11.6. The maximum atomic E-state index is 11.9. The third-order valence-corrected chi connectivity index (χ3v) is 4.37. The smallest absolute Gasteiger partial charge is 0.320 e. The van der Waals surface area contributed by atoms with Crippen molar-refractivity contribution in [2.75, 3.05) is 20.1 Å². The van der Waals surface area contributed by atoms with Gasteiger partial charge < -0.3 is 14.4 Å². The van der Waals surface area contributed by atoms with Crippen LogP contribution in [0, 0.1) is 0 Å². The molecule has 1 aromatic heterocycles. The number of hydrogen-bond acceptors (Lipinski definition) is 2. The van der Waals surface area contributed by atoms with Gasteiger partial charge in [-0.3, -0.25) is 0 Å². The van der Waals surface area contributed by atoms with Crippen LogP contribution in [0.3, 0.4) is 0 Å². The van der Waals surface area contributed by atoms with Crippen LogP contribution in [0.4, 0.5) is 4.79 Å². The monoisotopic (exact) mass is 262 g/mol. The predicted octanol–water partition coefficient (Wildman–Crippen LogP) is 2.26. The molecule has 0 unspecified atom stereocenters. The standard InChI is InChI=1S/C14H22N4O/c1-16-7-8-17(14(16)19)10-13-9-15-11-18(13)12-5-3-2-4-6-12/h9,11-12H,2-8,10H2,1H3. The first-order chi connectivity index (χ1) is 9.25. The van der Waals surface area contributed by atoms with Gasteiger partial charge in [-0.15, -0.1) is 0 Å². The number of imidazole rings is 1. The summed E-state index contributed by atoms with van der Waals surface area (Å²) in [7, 11) is 1.86. The van der Waals surface area contributed by atoms with Gasteiger partial charge in [-0.05, 0) is 12.8 Å². The summed E-state index contributed by atoms with van der Waals surface area (Å²) in [6.07, 6.45) is 10.3. The predicted molar refractivity (Wildman–Crippen MR) is 72.8 cm³/mol. The molecule has 1 aliphatic heterocycles. The van der Waals surface area contributed by atoms with E-state index in [0.29, 0.717) is 12.6 Å². The highest BCUT2D eigenvalue weighted by molar-refractivity contribution is 5.76. The third-order valence-electron chi connectivity index (χ3n) is 4.37. The summed E-state index contributed by atoms with van der Waals surface area (Å²) in [6, 6.07) is 0.720. The van der Waals surface area contributed by atoms with E-state index in [1.165, 1.54) is 37.8 Å². The van der Waals surface area contributed by atoms with Crippen LogP contribution in [0.5, 0.6) is 0 Å². The molecule has 0 bridgehead atoms. The average Bonchev–Trinajstić information content (AvgIpc) is 3.02. The van der Waals surface area contributed by atoms with E-state index in [1.54, 1.807) is 4.90 Å². The Bertz CT molecular complexity index is 450. The van der Waals surface area contributed by atoms with Gasteiger partial charge in [0.15, 0.2) is 0 Å². The molecule has 0 aromatic carbocycles. The number of aromatic nitrogens is 2. The van der Waals surface area contributed by atoms with Gasteiger partial charge >= 0.3 is 6.03 Å². The molecule has 2 amide bonds. The third kappa shape index (κ3) is 2.46. The molecule has 0 atom stereocenters. The van der Waals surface area contributed by atoms with Gasteiger partial charge in [0.2, 0.25) is 0 Å². The SMILES string of the molecule is CN1CCN(Cc2cncn2C2CCCCC2)C1=O. The Balaban J connectivity index is 1.71. The summed E-state index contributed by atoms with van der Waals surface area (Å²) >= 11 is 0. The Morgan fingerprint density at radius 2 is 2.05 bits per heavy atom. The lowest BCUT2D eigenvalue weighted by Gasteiger charge is -2.26. The van der Waals surface area contributed by atoms with Gasteiger partial charge in [-0.25, -0.2) is 9.78 Å². The Kier molecular flexibility index (Phi) is 3.44. The lowest BCUT2D eigenvalue weighted by molar-refractivity contribution is 0.195. The quantitative estimate of drug-likeness (QED) is 0.838. The second-order valence-electron chi connectivity index (χ2n) is 5.71. The Labute approximate surface area is 114 Å². The first-order valence-corrected chi connectivity index (χ1v) is 7.26. The van der Waals surface area contributed by atoms with Crippen LogP contribution in [-0.4, -0.2) is 45.5 Å². The number of carbonyl (C=O) groups is 1. The molecule has 0 N–H and O–H groups in total. The van der Waals surface area contributed by atoms with Crippen molar-refractivity contribution in [3.05, 3.63) is 18.2 Å². The van der Waals surface area contributed by atoms with Crippen LogP contribution in [0.25, 0.3) is 0 Å². The largest absolute Gasteiger partial charge is 0.330 e. The van der Waals surface area contributed by atoms with Gasteiger partial charge in [0.25, 0.3) is 0 Å². The Hall–Kier alpha value is -1.52. The summed E-state index contributed by atoms with van der Waals surface area (Å²) in [5.74, 6) is 0. The summed E-state index contributed by atoms with van der Waals surface area (Å²) in [5, 5.41) is 0. The van der Waals surface area contributed by atoms with Crippen molar-refractivity contribution in [2.45, 2.75) is 44.7 Å². The molecule has 2 fully saturated rings. The van der Waals surface area contributed by atoms with Gasteiger partial charge in [-0.1, -0.05) is 19.3 Å². The van der Waals surface area contributed by atoms with Crippen molar-refractivity contribution in [1.82, 2.24) is 19.4 Å². The van der Waals surface area contributed by atoms with E-state index in [1.807, 2.05) is 24.5 Å². The normalized spacial score (nSPS) is 21.4. The first-order valence-electron chi connectivity index (χ1n) is 7.26. The zero-order chi connectivity index (χ0) is 13.2. The molecule has 2 aliphatic rings. The number of carbonyl (C=O) groups excluding carboxylic acids is 1. The molecule has 1 saturated carbocycles. The number of urea groups is 1. The summed E-state index contributed by atoms with van der Waals surface area (Å²) in [6.45, 7) is 2.35. The molecule has 5 nitrogen and oxygen atoms in total. The second kappa shape index (κ2) is 5.23. The topological polar surface area (TPSA) is 41.4 Å². The molecule has 1 saturated heterocycles. The van der Waals surface area contributed by atoms with Gasteiger partial charge in [0.05, 0.1) is 18.6 Å². The minimum absolute atomic E-state index is 0.136. The minimum atomic E-state index is 0.136. The maximum Gasteiger partial charge on any atom is 0.320 e. The summed E-state index contributed by atoms with van der Waals surface area (Å²) in [5.41, 5.74) is 1.18. The molecular weight excluding hydrogens is 240 g/mol. The minimum Gasteiger partial charge on any atom is -0.330 e. The highest BCUT2D eigenvalue weighted by Crippen LogP contribution is 2.29. The molecule has 19 heavy (non-hydrogen) atoms. The van der Waals surface area contributed by atoms with E-state index in [9.17, 15) is 4.79 Å². The van der Waals surface area contributed by atoms with Crippen LogP contribution in [0.15, 0.2) is 12.5 Å². The molecule has 3 rings (SSSR count). The fourth-order valence-corrected chi connectivity index (χ4v) is 3.19. The van der Waals surface area contributed by atoms with Crippen LogP contribution in [0.2, 0.25) is 0 Å². The van der Waals surface area contributed by atoms with Crippen molar-refractivity contribution < 1.29 is 4.79 Å². The molecule has 5 heteroatoms. The first kappa shape index (κ1) is 12.5. The van der Waals surface area contributed by atoms with Gasteiger partial charge in [0, 0.05) is 32.4 Å². The lowest BCUT2D eigenvalue weighted by atomic mass is 9.95. The zero-order valence-corrected chi connectivity index (χ0v) is 11.6. The van der Waals surface area contributed by atoms with Crippen LogP contribution in [0.1, 0.15) is 43.8 Å². The van der Waals surface area contributed by atoms with Crippen molar-refractivity contribution in [1.29, 1.82) is 0 Å². The number of hydrogen-bond donors (Lipinski definition) is 0. The molecule has 0 spiro atoms. The number of rotatable bonds is 3. The Morgan fingerprint density at radius 1 is 1.26 bits per heavy atom. The Morgan fingerprint density at radius 3 is 2.74 bits per heavy atom. The number of amides is 2. The molecule has 0 radical (unpaired) electrons. The van der Waals surface area contributed by atoms with E-state index in [2.05, 4.69) is 9.55 Å². The van der Waals surface area contributed by atoms with Gasteiger partial charge in [0.1, 0.15) is 0 Å². The highest BCUT2D eigenvalue weighted by Gasteiger charge is 2.27. The fourth-order valence-electron chi connectivity index (χ4n) is 3.19. The highest BCUT2D eigenvalue weighted by atomic mass is 16.2. The van der Waals surface area contributed by atoms with Gasteiger partial charge in [-0.2, -0.15) is 0 Å². The average molecular weight is 262 g/mol. The number of likely N-dealkylation sites (N-methyl/N-ethyl adjacent to an activating group) is 1. The van der Waals surface area contributed by atoms with E-state index < -0.39 is 0 Å². The molecule has 1 aliphatic carbocycles. The van der Waals surface area contributed by atoms with Crippen LogP contribution in [-0.2, 0) is 6.54 Å². The molecular formula is C14H22N4O. The maximum absolute atomic E-state index is 11.9. The van der Waals surface area contributed by atoms with Crippen molar-refractivity contribution in [2.24, 2.45) is 0 Å². The van der Waals surface area contributed by atoms with Crippen LogP contribution >= 0.6 is 0 Å². The van der Waals surface area contributed by atoms with E-state index in [4.69, 9.17) is 0 Å². The van der Waals surface area contributed by atoms with Crippen molar-refractivity contribution in [3.63, 3.8) is 0 Å².